The molecule has 0 unspecified atom stereocenters. The van der Waals surface area contributed by atoms with Crippen molar-refractivity contribution < 1.29 is 9.72 Å². The van der Waals surface area contributed by atoms with Crippen LogP contribution in [0.5, 0.6) is 0 Å². The van der Waals surface area contributed by atoms with E-state index in [9.17, 15) is 14.9 Å². The Morgan fingerprint density at radius 3 is 3.10 bits per heavy atom. The van der Waals surface area contributed by atoms with Gasteiger partial charge in [0.15, 0.2) is 0 Å². The summed E-state index contributed by atoms with van der Waals surface area (Å²) in [5.41, 5.74) is -0.139. The number of nitrogens with one attached hydrogen (secondary N) is 2. The van der Waals surface area contributed by atoms with E-state index in [1.54, 1.807) is 0 Å². The topological polar surface area (TPSA) is 100 Å². The van der Waals surface area contributed by atoms with Gasteiger partial charge in [-0.1, -0.05) is 11.6 Å². The van der Waals surface area contributed by atoms with E-state index in [-0.39, 0.29) is 22.4 Å². The monoisotopic (exact) mass is 313 g/mol. The molecule has 1 amide bonds. The maximum atomic E-state index is 11.2. The number of carbonyl (C=O) groups is 1. The number of pyridine rings is 1. The number of aromatic nitrogens is 1. The first kappa shape index (κ1) is 15.5. The van der Waals surface area contributed by atoms with Crippen LogP contribution in [0.25, 0.3) is 0 Å². The third-order valence-corrected chi connectivity index (χ3v) is 3.30. The highest BCUT2D eigenvalue weighted by atomic mass is 35.5. The summed E-state index contributed by atoms with van der Waals surface area (Å²) in [6.45, 7) is 3.18. The number of piperazine rings is 1. The van der Waals surface area contributed by atoms with Crippen LogP contribution in [0.15, 0.2) is 12.3 Å². The van der Waals surface area contributed by atoms with E-state index in [1.165, 1.54) is 12.3 Å². The Kier molecular flexibility index (Phi) is 5.29. The van der Waals surface area contributed by atoms with Gasteiger partial charge in [0.05, 0.1) is 16.5 Å². The fourth-order valence-electron chi connectivity index (χ4n) is 2.10. The summed E-state index contributed by atoms with van der Waals surface area (Å²) in [4.78, 5) is 27.6. The molecule has 8 nitrogen and oxygen atoms in total. The molecule has 1 aliphatic heterocycles. The molecule has 1 aromatic heterocycles. The zero-order valence-electron chi connectivity index (χ0n) is 11.3. The molecule has 1 fully saturated rings. The first-order valence-electron chi connectivity index (χ1n) is 6.59. The van der Waals surface area contributed by atoms with Gasteiger partial charge in [-0.25, -0.2) is 4.98 Å². The van der Waals surface area contributed by atoms with Gasteiger partial charge < -0.3 is 10.6 Å². The number of amides is 1. The average molecular weight is 314 g/mol. The first-order valence-corrected chi connectivity index (χ1v) is 6.97. The molecule has 2 rings (SSSR count). The SMILES string of the molecule is O=C1CN(CCCNc2ncc(Cl)cc2[N+](=O)[O-])CCN1. The first-order chi connectivity index (χ1) is 10.1. The fraction of sp³-hybridized carbons (Fsp3) is 0.500. The number of nitro groups is 1. The van der Waals surface area contributed by atoms with Gasteiger partial charge in [-0.15, -0.1) is 0 Å². The van der Waals surface area contributed by atoms with Crippen LogP contribution >= 0.6 is 11.6 Å². The molecule has 1 saturated heterocycles. The van der Waals surface area contributed by atoms with Crippen LogP contribution in [0, 0.1) is 10.1 Å². The van der Waals surface area contributed by atoms with Crippen molar-refractivity contribution in [3.8, 4) is 0 Å². The van der Waals surface area contributed by atoms with Crippen molar-refractivity contribution in [3.63, 3.8) is 0 Å². The minimum Gasteiger partial charge on any atom is -0.364 e. The standard InChI is InChI=1S/C12H16ClN5O3/c13-9-6-10(18(20)21)12(16-7-9)15-2-1-4-17-5-3-14-11(19)8-17/h6-7H,1-5,8H2,(H,14,19)(H,15,16). The van der Waals surface area contributed by atoms with Gasteiger partial charge in [0.2, 0.25) is 11.7 Å². The lowest BCUT2D eigenvalue weighted by molar-refractivity contribution is -0.384. The van der Waals surface area contributed by atoms with Gasteiger partial charge in [0.25, 0.3) is 0 Å². The summed E-state index contributed by atoms with van der Waals surface area (Å²) in [5, 5.41) is 16.8. The summed E-state index contributed by atoms with van der Waals surface area (Å²) in [6.07, 6.45) is 2.13. The quantitative estimate of drug-likeness (QED) is 0.459. The molecule has 0 saturated carbocycles. The number of halogens is 1. The van der Waals surface area contributed by atoms with Crippen LogP contribution in [-0.4, -0.2) is 53.4 Å². The molecular formula is C12H16ClN5O3. The molecule has 1 aromatic rings. The Morgan fingerprint density at radius 1 is 1.57 bits per heavy atom. The zero-order chi connectivity index (χ0) is 15.2. The summed E-state index contributed by atoms with van der Waals surface area (Å²) in [6, 6.07) is 1.27. The van der Waals surface area contributed by atoms with Crippen LogP contribution in [-0.2, 0) is 4.79 Å². The van der Waals surface area contributed by atoms with Crippen molar-refractivity contribution in [1.29, 1.82) is 0 Å². The molecule has 2 heterocycles. The molecule has 0 atom stereocenters. The van der Waals surface area contributed by atoms with E-state index < -0.39 is 4.92 Å². The van der Waals surface area contributed by atoms with E-state index in [0.29, 0.717) is 19.6 Å². The molecule has 9 heteroatoms. The van der Waals surface area contributed by atoms with Gasteiger partial charge in [-0.3, -0.25) is 19.8 Å². The van der Waals surface area contributed by atoms with E-state index in [2.05, 4.69) is 15.6 Å². The molecular weight excluding hydrogens is 298 g/mol. The largest absolute Gasteiger partial charge is 0.364 e. The molecule has 114 valence electrons. The summed E-state index contributed by atoms with van der Waals surface area (Å²) in [7, 11) is 0. The van der Waals surface area contributed by atoms with E-state index in [1.807, 2.05) is 4.90 Å². The molecule has 0 aromatic carbocycles. The average Bonchev–Trinajstić information content (AvgIpc) is 2.44. The molecule has 0 bridgehead atoms. The van der Waals surface area contributed by atoms with Crippen LogP contribution in [0.3, 0.4) is 0 Å². The van der Waals surface area contributed by atoms with Gasteiger partial charge in [0, 0.05) is 38.4 Å². The summed E-state index contributed by atoms with van der Waals surface area (Å²) in [5.74, 6) is 0.241. The molecule has 0 aliphatic carbocycles. The Morgan fingerprint density at radius 2 is 2.38 bits per heavy atom. The van der Waals surface area contributed by atoms with E-state index in [0.717, 1.165) is 19.5 Å². The van der Waals surface area contributed by atoms with E-state index >= 15 is 0 Å². The van der Waals surface area contributed by atoms with Crippen molar-refractivity contribution in [3.05, 3.63) is 27.4 Å². The smallest absolute Gasteiger partial charge is 0.312 e. The van der Waals surface area contributed by atoms with Crippen molar-refractivity contribution in [2.75, 3.05) is 38.0 Å². The maximum absolute atomic E-state index is 11.2. The Hall–Kier alpha value is -1.93. The maximum Gasteiger partial charge on any atom is 0.312 e. The second-order valence-corrected chi connectivity index (χ2v) is 5.12. The predicted octanol–water partition coefficient (Wildman–Crippen LogP) is 0.877. The van der Waals surface area contributed by atoms with Crippen molar-refractivity contribution in [2.24, 2.45) is 0 Å². The molecule has 21 heavy (non-hydrogen) atoms. The Bertz CT molecular complexity index is 540. The summed E-state index contributed by atoms with van der Waals surface area (Å²) >= 11 is 5.70. The lowest BCUT2D eigenvalue weighted by Crippen LogP contribution is -2.47. The number of rotatable bonds is 6. The number of hydrogen-bond acceptors (Lipinski definition) is 6. The Balaban J connectivity index is 1.81. The molecule has 0 radical (unpaired) electrons. The highest BCUT2D eigenvalue weighted by Gasteiger charge is 2.17. The normalized spacial score (nSPS) is 15.6. The third kappa shape index (κ3) is 4.54. The number of nitrogens with zero attached hydrogens (tertiary/aromatic N) is 3. The van der Waals surface area contributed by atoms with Crippen LogP contribution in [0.1, 0.15) is 6.42 Å². The van der Waals surface area contributed by atoms with Gasteiger partial charge >= 0.3 is 5.69 Å². The van der Waals surface area contributed by atoms with Crippen molar-refractivity contribution in [2.45, 2.75) is 6.42 Å². The highest BCUT2D eigenvalue weighted by Crippen LogP contribution is 2.24. The van der Waals surface area contributed by atoms with Gasteiger partial charge in [0.1, 0.15) is 0 Å². The third-order valence-electron chi connectivity index (χ3n) is 3.09. The molecule has 0 spiro atoms. The Labute approximate surface area is 126 Å². The van der Waals surface area contributed by atoms with Crippen LogP contribution < -0.4 is 10.6 Å². The minimum atomic E-state index is -0.518. The van der Waals surface area contributed by atoms with E-state index in [4.69, 9.17) is 11.6 Å². The lowest BCUT2D eigenvalue weighted by Gasteiger charge is -2.26. The number of carbonyl (C=O) groups excluding carboxylic acids is 1. The van der Waals surface area contributed by atoms with Crippen molar-refractivity contribution >= 4 is 29.0 Å². The highest BCUT2D eigenvalue weighted by molar-refractivity contribution is 6.30. The minimum absolute atomic E-state index is 0.0317. The van der Waals surface area contributed by atoms with Gasteiger partial charge in [-0.2, -0.15) is 0 Å². The second-order valence-electron chi connectivity index (χ2n) is 4.68. The predicted molar refractivity (Wildman–Crippen MR) is 78.5 cm³/mol. The number of hydrogen-bond donors (Lipinski definition) is 2. The summed E-state index contributed by atoms with van der Waals surface area (Å²) < 4.78 is 0. The zero-order valence-corrected chi connectivity index (χ0v) is 12.1. The molecule has 2 N–H and O–H groups in total. The second kappa shape index (κ2) is 7.19. The number of anilines is 1. The van der Waals surface area contributed by atoms with Crippen molar-refractivity contribution in [1.82, 2.24) is 15.2 Å². The fourth-order valence-corrected chi connectivity index (χ4v) is 2.25. The van der Waals surface area contributed by atoms with Crippen LogP contribution in [0.4, 0.5) is 11.5 Å². The lowest BCUT2D eigenvalue weighted by atomic mass is 10.3. The van der Waals surface area contributed by atoms with Gasteiger partial charge in [-0.05, 0) is 6.42 Å². The molecule has 1 aliphatic rings. The van der Waals surface area contributed by atoms with Crippen LogP contribution in [0.2, 0.25) is 5.02 Å².